The van der Waals surface area contributed by atoms with Crippen molar-refractivity contribution in [2.24, 2.45) is 5.92 Å². The Labute approximate surface area is 103 Å². The van der Waals surface area contributed by atoms with E-state index in [0.29, 0.717) is 6.61 Å². The van der Waals surface area contributed by atoms with Crippen LogP contribution in [0.15, 0.2) is 18.2 Å². The summed E-state index contributed by atoms with van der Waals surface area (Å²) in [4.78, 5) is 0. The van der Waals surface area contributed by atoms with Crippen molar-refractivity contribution in [2.45, 2.75) is 38.5 Å². The highest BCUT2D eigenvalue weighted by molar-refractivity contribution is 6.21. The van der Waals surface area contributed by atoms with Gasteiger partial charge in [-0.25, -0.2) is 0 Å². The lowest BCUT2D eigenvalue weighted by Crippen LogP contribution is -2.00. The number of aryl methyl sites for hydroxylation is 1. The van der Waals surface area contributed by atoms with Gasteiger partial charge < -0.3 is 4.74 Å². The van der Waals surface area contributed by atoms with Crippen molar-refractivity contribution in [1.82, 2.24) is 0 Å². The summed E-state index contributed by atoms with van der Waals surface area (Å²) in [5.41, 5.74) is 2.41. The van der Waals surface area contributed by atoms with Gasteiger partial charge in [-0.1, -0.05) is 30.5 Å². The van der Waals surface area contributed by atoms with Crippen LogP contribution in [0.5, 0.6) is 5.75 Å². The second-order valence-electron chi connectivity index (χ2n) is 4.62. The molecule has 0 aromatic heterocycles. The van der Waals surface area contributed by atoms with Crippen LogP contribution in [0.1, 0.15) is 42.7 Å². The van der Waals surface area contributed by atoms with E-state index in [1.807, 2.05) is 13.0 Å². The van der Waals surface area contributed by atoms with Crippen molar-refractivity contribution in [3.05, 3.63) is 29.3 Å². The molecule has 2 rings (SSSR count). The summed E-state index contributed by atoms with van der Waals surface area (Å²) in [6.07, 6.45) is 3.78. The second-order valence-corrected chi connectivity index (χ2v) is 5.15. The third kappa shape index (κ3) is 2.91. The predicted octanol–water partition coefficient (Wildman–Crippen LogP) is 4.47. The maximum Gasteiger partial charge on any atom is 0.123 e. The molecule has 88 valence electrons. The highest BCUT2D eigenvalue weighted by atomic mass is 35.5. The molecule has 2 heteroatoms. The van der Waals surface area contributed by atoms with Crippen LogP contribution < -0.4 is 4.74 Å². The van der Waals surface area contributed by atoms with Crippen molar-refractivity contribution < 1.29 is 4.74 Å². The van der Waals surface area contributed by atoms with Crippen LogP contribution in [0, 0.1) is 12.8 Å². The van der Waals surface area contributed by atoms with E-state index >= 15 is 0 Å². The lowest BCUT2D eigenvalue weighted by atomic mass is 10.0. The van der Waals surface area contributed by atoms with Crippen molar-refractivity contribution in [3.63, 3.8) is 0 Å². The Morgan fingerprint density at radius 3 is 2.81 bits per heavy atom. The minimum atomic E-state index is 0.106. The van der Waals surface area contributed by atoms with E-state index in [0.717, 1.165) is 23.7 Å². The van der Waals surface area contributed by atoms with Crippen LogP contribution in [0.2, 0.25) is 0 Å². The highest BCUT2D eigenvalue weighted by Crippen LogP contribution is 2.42. The first kappa shape index (κ1) is 11.8. The Balaban J connectivity index is 2.17. The van der Waals surface area contributed by atoms with Gasteiger partial charge in [-0.05, 0) is 32.3 Å². The van der Waals surface area contributed by atoms with Crippen molar-refractivity contribution in [2.75, 3.05) is 6.61 Å². The summed E-state index contributed by atoms with van der Waals surface area (Å²) in [5, 5.41) is 0.106. The van der Waals surface area contributed by atoms with E-state index in [4.69, 9.17) is 16.3 Å². The Hall–Kier alpha value is -0.690. The third-order valence-electron chi connectivity index (χ3n) is 3.04. The maximum atomic E-state index is 6.47. The van der Waals surface area contributed by atoms with E-state index in [1.165, 1.54) is 18.4 Å². The van der Waals surface area contributed by atoms with Gasteiger partial charge >= 0.3 is 0 Å². The number of halogens is 1. The molecule has 1 aliphatic rings. The third-order valence-corrected chi connectivity index (χ3v) is 3.45. The largest absolute Gasteiger partial charge is 0.494 e. The molecule has 0 spiro atoms. The van der Waals surface area contributed by atoms with Crippen LogP contribution in [-0.4, -0.2) is 6.61 Å². The first-order chi connectivity index (χ1) is 7.70. The molecule has 1 nitrogen and oxygen atoms in total. The van der Waals surface area contributed by atoms with E-state index in [-0.39, 0.29) is 5.38 Å². The van der Waals surface area contributed by atoms with E-state index in [2.05, 4.69) is 19.1 Å². The molecule has 1 saturated carbocycles. The van der Waals surface area contributed by atoms with Gasteiger partial charge in [0.25, 0.3) is 0 Å². The molecule has 0 bridgehead atoms. The fourth-order valence-corrected chi connectivity index (χ4v) is 2.40. The molecule has 0 aliphatic heterocycles. The molecule has 0 saturated heterocycles. The molecule has 1 atom stereocenters. The lowest BCUT2D eigenvalue weighted by Gasteiger charge is -2.15. The average Bonchev–Trinajstić information content (AvgIpc) is 3.05. The number of hydrogen-bond acceptors (Lipinski definition) is 1. The zero-order chi connectivity index (χ0) is 11.5. The van der Waals surface area contributed by atoms with Gasteiger partial charge in [-0.15, -0.1) is 11.6 Å². The predicted molar refractivity (Wildman–Crippen MR) is 68.3 cm³/mol. The lowest BCUT2D eigenvalue weighted by molar-refractivity contribution is 0.335. The summed E-state index contributed by atoms with van der Waals surface area (Å²) in [6.45, 7) is 4.80. The fourth-order valence-electron chi connectivity index (χ4n) is 1.97. The number of alkyl halides is 1. The molecule has 1 aromatic carbocycles. The zero-order valence-corrected chi connectivity index (χ0v) is 10.8. The van der Waals surface area contributed by atoms with Crippen LogP contribution >= 0.6 is 11.6 Å². The molecule has 16 heavy (non-hydrogen) atoms. The van der Waals surface area contributed by atoms with Crippen molar-refractivity contribution in [1.29, 1.82) is 0 Å². The molecule has 1 unspecified atom stereocenters. The highest BCUT2D eigenvalue weighted by Gasteiger charge is 2.26. The molecule has 0 amide bonds. The molecule has 0 N–H and O–H groups in total. The monoisotopic (exact) mass is 238 g/mol. The Bertz CT molecular complexity index is 358. The quantitative estimate of drug-likeness (QED) is 0.688. The Kier molecular flexibility index (Phi) is 3.75. The molecule has 0 radical (unpaired) electrons. The minimum Gasteiger partial charge on any atom is -0.494 e. The van der Waals surface area contributed by atoms with Gasteiger partial charge in [-0.3, -0.25) is 0 Å². The van der Waals surface area contributed by atoms with Crippen molar-refractivity contribution >= 4 is 11.6 Å². The first-order valence-corrected chi connectivity index (χ1v) is 6.51. The summed E-state index contributed by atoms with van der Waals surface area (Å²) in [6, 6.07) is 6.27. The first-order valence-electron chi connectivity index (χ1n) is 6.08. The van der Waals surface area contributed by atoms with E-state index < -0.39 is 0 Å². The summed E-state index contributed by atoms with van der Waals surface area (Å²) < 4.78 is 5.63. The normalized spacial score (nSPS) is 17.2. The Morgan fingerprint density at radius 2 is 2.19 bits per heavy atom. The molecule has 1 aliphatic carbocycles. The van der Waals surface area contributed by atoms with Crippen molar-refractivity contribution in [3.8, 4) is 5.75 Å². The average molecular weight is 239 g/mol. The second kappa shape index (κ2) is 5.09. The zero-order valence-electron chi connectivity index (χ0n) is 10.0. The van der Waals surface area contributed by atoms with Gasteiger partial charge in [0, 0.05) is 5.56 Å². The summed E-state index contributed by atoms with van der Waals surface area (Å²) in [5.74, 6) is 1.80. The number of hydrogen-bond donors (Lipinski definition) is 0. The van der Waals surface area contributed by atoms with Gasteiger partial charge in [0.05, 0.1) is 12.0 Å². The topological polar surface area (TPSA) is 9.23 Å². The van der Waals surface area contributed by atoms with Gasteiger partial charge in [0.15, 0.2) is 0 Å². The number of rotatable bonds is 5. The molecule has 0 heterocycles. The smallest absolute Gasteiger partial charge is 0.123 e. The fraction of sp³-hybridized carbons (Fsp3) is 0.571. The molecule has 1 fully saturated rings. The number of benzene rings is 1. The SMILES string of the molecule is CCOc1ccc(C)cc1C(Cl)CC1CC1. The molecular formula is C14H19ClO. The van der Waals surface area contributed by atoms with E-state index in [1.54, 1.807) is 0 Å². The van der Waals surface area contributed by atoms with Crippen LogP contribution in [0.4, 0.5) is 0 Å². The standard InChI is InChI=1S/C14H19ClO/c1-3-16-14-7-4-10(2)8-12(14)13(15)9-11-5-6-11/h4,7-8,11,13H,3,5-6,9H2,1-2H3. The van der Waals surface area contributed by atoms with E-state index in [9.17, 15) is 0 Å². The van der Waals surface area contributed by atoms with Gasteiger partial charge in [0.2, 0.25) is 0 Å². The maximum absolute atomic E-state index is 6.47. The van der Waals surface area contributed by atoms with Crippen LogP contribution in [-0.2, 0) is 0 Å². The number of ether oxygens (including phenoxy) is 1. The minimum absolute atomic E-state index is 0.106. The van der Waals surface area contributed by atoms with Crippen LogP contribution in [0.3, 0.4) is 0 Å². The van der Waals surface area contributed by atoms with Crippen LogP contribution in [0.25, 0.3) is 0 Å². The van der Waals surface area contributed by atoms with Gasteiger partial charge in [-0.2, -0.15) is 0 Å². The summed E-state index contributed by atoms with van der Waals surface area (Å²) >= 11 is 6.47. The Morgan fingerprint density at radius 1 is 1.44 bits per heavy atom. The van der Waals surface area contributed by atoms with Gasteiger partial charge in [0.1, 0.15) is 5.75 Å². The molecular weight excluding hydrogens is 220 g/mol. The summed E-state index contributed by atoms with van der Waals surface area (Å²) in [7, 11) is 0. The molecule has 1 aromatic rings.